The lowest BCUT2D eigenvalue weighted by Crippen LogP contribution is -2.51. The van der Waals surface area contributed by atoms with E-state index in [9.17, 15) is 14.7 Å². The second kappa shape index (κ2) is 6.90. The summed E-state index contributed by atoms with van der Waals surface area (Å²) in [6, 6.07) is 7.39. The molecule has 1 saturated heterocycles. The predicted molar refractivity (Wildman–Crippen MR) is 99.7 cm³/mol. The van der Waals surface area contributed by atoms with E-state index in [1.165, 1.54) is 18.6 Å². The van der Waals surface area contributed by atoms with Crippen LogP contribution in [-0.2, 0) is 0 Å². The largest absolute Gasteiger partial charge is 0.372 e. The molecule has 8 nitrogen and oxygen atoms in total. The number of ketones is 2. The molecular weight excluding hydrogens is 346 g/mol. The summed E-state index contributed by atoms with van der Waals surface area (Å²) >= 11 is 0. The van der Waals surface area contributed by atoms with Crippen molar-refractivity contribution >= 4 is 22.9 Å². The third kappa shape index (κ3) is 3.32. The number of hydrogen-bond acceptors (Lipinski definition) is 8. The molecule has 4 rings (SSSR count). The number of anilines is 2. The van der Waals surface area contributed by atoms with Crippen LogP contribution >= 0.6 is 0 Å². The van der Waals surface area contributed by atoms with Crippen LogP contribution in [0.5, 0.6) is 0 Å². The van der Waals surface area contributed by atoms with Gasteiger partial charge in [0.1, 0.15) is 18.2 Å². The number of carbonyl (C=O) groups excluding carboxylic acids is 2. The first-order chi connectivity index (χ1) is 13.0. The smallest absolute Gasteiger partial charge is 0.213 e. The predicted octanol–water partition coefficient (Wildman–Crippen LogP) is 0.922. The van der Waals surface area contributed by atoms with E-state index in [2.05, 4.69) is 20.2 Å². The summed E-state index contributed by atoms with van der Waals surface area (Å²) in [5, 5.41) is 13.2. The topological polar surface area (TPSA) is 98.7 Å². The van der Waals surface area contributed by atoms with Crippen molar-refractivity contribution in [1.82, 2.24) is 14.9 Å². The molecule has 0 bridgehead atoms. The van der Waals surface area contributed by atoms with E-state index in [-0.39, 0.29) is 28.5 Å². The van der Waals surface area contributed by atoms with Gasteiger partial charge in [-0.3, -0.25) is 9.59 Å². The number of aliphatic hydroxyl groups excluding tert-OH is 1. The van der Waals surface area contributed by atoms with Crippen molar-refractivity contribution in [2.45, 2.75) is 6.23 Å². The molecule has 1 fully saturated rings. The van der Waals surface area contributed by atoms with Gasteiger partial charge in [0.05, 0.1) is 11.3 Å². The highest BCUT2D eigenvalue weighted by atomic mass is 16.3. The number of aromatic nitrogens is 2. The van der Waals surface area contributed by atoms with E-state index in [1.54, 1.807) is 0 Å². The third-order valence-electron chi connectivity index (χ3n) is 4.75. The van der Waals surface area contributed by atoms with Gasteiger partial charge in [0, 0.05) is 43.3 Å². The molecule has 2 N–H and O–H groups in total. The molecule has 27 heavy (non-hydrogen) atoms. The molecule has 1 aliphatic heterocycles. The summed E-state index contributed by atoms with van der Waals surface area (Å²) in [6.45, 7) is 2.20. The summed E-state index contributed by atoms with van der Waals surface area (Å²) < 4.78 is 0. The highest BCUT2D eigenvalue weighted by Gasteiger charge is 2.27. The molecule has 1 aromatic heterocycles. The Morgan fingerprint density at radius 3 is 2.70 bits per heavy atom. The van der Waals surface area contributed by atoms with Gasteiger partial charge in [-0.05, 0) is 31.3 Å². The SMILES string of the molecule is CN1CCN(c2ccc(NC3=CC(=O)c4ncncc4C3=O)cc2)C(O)C1. The van der Waals surface area contributed by atoms with Crippen LogP contribution in [0, 0.1) is 0 Å². The number of fused-ring (bicyclic) bond motifs is 1. The fraction of sp³-hybridized carbons (Fsp3) is 0.263. The maximum atomic E-state index is 12.5. The van der Waals surface area contributed by atoms with E-state index in [4.69, 9.17) is 0 Å². The molecule has 1 aromatic carbocycles. The van der Waals surface area contributed by atoms with Gasteiger partial charge in [-0.2, -0.15) is 0 Å². The lowest BCUT2D eigenvalue weighted by Gasteiger charge is -2.38. The maximum absolute atomic E-state index is 12.5. The fourth-order valence-corrected chi connectivity index (χ4v) is 3.28. The van der Waals surface area contributed by atoms with Crippen LogP contribution in [-0.4, -0.2) is 64.5 Å². The van der Waals surface area contributed by atoms with Crippen LogP contribution in [0.15, 0.2) is 48.6 Å². The van der Waals surface area contributed by atoms with E-state index >= 15 is 0 Å². The summed E-state index contributed by atoms with van der Waals surface area (Å²) in [5.41, 5.74) is 2.09. The Morgan fingerprint density at radius 1 is 1.19 bits per heavy atom. The van der Waals surface area contributed by atoms with Crippen LogP contribution < -0.4 is 10.2 Å². The summed E-state index contributed by atoms with van der Waals surface area (Å²) in [4.78, 5) is 36.4. The summed E-state index contributed by atoms with van der Waals surface area (Å²) in [6.07, 6.45) is 3.31. The first-order valence-electron chi connectivity index (χ1n) is 8.64. The molecule has 138 valence electrons. The number of benzene rings is 1. The highest BCUT2D eigenvalue weighted by Crippen LogP contribution is 2.24. The Hall–Kier alpha value is -3.10. The van der Waals surface area contributed by atoms with Crippen LogP contribution in [0.25, 0.3) is 0 Å². The molecule has 1 unspecified atom stereocenters. The fourth-order valence-electron chi connectivity index (χ4n) is 3.28. The number of rotatable bonds is 3. The van der Waals surface area contributed by atoms with Gasteiger partial charge >= 0.3 is 0 Å². The molecule has 2 aromatic rings. The van der Waals surface area contributed by atoms with Crippen molar-refractivity contribution in [3.8, 4) is 0 Å². The number of allylic oxidation sites excluding steroid dienone is 2. The number of carbonyl (C=O) groups is 2. The lowest BCUT2D eigenvalue weighted by atomic mass is 9.98. The molecule has 2 aliphatic rings. The minimum atomic E-state index is -0.556. The number of β-amino-alcohol motifs (C(OH)–C–C–N with tert-alkyl or cyclic N) is 1. The molecule has 1 atom stereocenters. The van der Waals surface area contributed by atoms with Crippen molar-refractivity contribution in [2.24, 2.45) is 0 Å². The van der Waals surface area contributed by atoms with Crippen LogP contribution in [0.3, 0.4) is 0 Å². The van der Waals surface area contributed by atoms with Crippen molar-refractivity contribution in [1.29, 1.82) is 0 Å². The molecular formula is C19H19N5O3. The molecule has 1 aliphatic carbocycles. The number of Topliss-reactive ketones (excluding diaryl/α,β-unsaturated/α-hetero) is 1. The molecule has 8 heteroatoms. The van der Waals surface area contributed by atoms with Gasteiger partial charge in [-0.15, -0.1) is 0 Å². The number of hydrogen-bond donors (Lipinski definition) is 2. The molecule has 0 radical (unpaired) electrons. The number of nitrogens with zero attached hydrogens (tertiary/aromatic N) is 4. The second-order valence-corrected chi connectivity index (χ2v) is 6.64. The zero-order chi connectivity index (χ0) is 19.0. The quantitative estimate of drug-likeness (QED) is 0.829. The average molecular weight is 365 g/mol. The van der Waals surface area contributed by atoms with E-state index < -0.39 is 6.23 Å². The van der Waals surface area contributed by atoms with E-state index in [0.717, 1.165) is 18.8 Å². The maximum Gasteiger partial charge on any atom is 0.213 e. The van der Waals surface area contributed by atoms with E-state index in [1.807, 2.05) is 36.2 Å². The highest BCUT2D eigenvalue weighted by molar-refractivity contribution is 6.24. The minimum Gasteiger partial charge on any atom is -0.372 e. The average Bonchev–Trinajstić information content (AvgIpc) is 2.67. The number of aliphatic hydroxyl groups is 1. The first kappa shape index (κ1) is 17.3. The van der Waals surface area contributed by atoms with Crippen molar-refractivity contribution in [3.63, 3.8) is 0 Å². The second-order valence-electron chi connectivity index (χ2n) is 6.64. The van der Waals surface area contributed by atoms with Gasteiger partial charge in [-0.25, -0.2) is 9.97 Å². The Balaban J connectivity index is 1.51. The zero-order valence-electron chi connectivity index (χ0n) is 14.8. The summed E-state index contributed by atoms with van der Waals surface area (Å²) in [7, 11) is 1.98. The van der Waals surface area contributed by atoms with Gasteiger partial charge in [0.2, 0.25) is 11.6 Å². The summed E-state index contributed by atoms with van der Waals surface area (Å²) in [5.74, 6) is -0.643. The standard InChI is InChI=1S/C19H19N5O3/c1-23-6-7-24(17(26)10-23)13-4-2-12(3-5-13)22-15-8-16(25)18-14(19(15)27)9-20-11-21-18/h2-5,8-9,11,17,22,26H,6-7,10H2,1H3. The first-order valence-corrected chi connectivity index (χ1v) is 8.64. The molecule has 0 amide bonds. The van der Waals surface area contributed by atoms with Gasteiger partial charge < -0.3 is 20.2 Å². The van der Waals surface area contributed by atoms with E-state index in [0.29, 0.717) is 12.2 Å². The Morgan fingerprint density at radius 2 is 1.96 bits per heavy atom. The normalized spacial score (nSPS) is 20.3. The Bertz CT molecular complexity index is 925. The van der Waals surface area contributed by atoms with Crippen molar-refractivity contribution in [3.05, 3.63) is 59.8 Å². The van der Waals surface area contributed by atoms with Crippen molar-refractivity contribution in [2.75, 3.05) is 36.9 Å². The molecule has 0 spiro atoms. The van der Waals surface area contributed by atoms with Gasteiger partial charge in [-0.1, -0.05) is 0 Å². The molecule has 2 heterocycles. The monoisotopic (exact) mass is 365 g/mol. The minimum absolute atomic E-state index is 0.125. The molecule has 0 saturated carbocycles. The lowest BCUT2D eigenvalue weighted by molar-refractivity contribution is 0.0957. The van der Waals surface area contributed by atoms with Crippen LogP contribution in [0.1, 0.15) is 20.8 Å². The number of nitrogens with one attached hydrogen (secondary N) is 1. The number of piperazine rings is 1. The third-order valence-corrected chi connectivity index (χ3v) is 4.75. The Kier molecular flexibility index (Phi) is 4.43. The van der Waals surface area contributed by atoms with Gasteiger partial charge in [0.25, 0.3) is 0 Å². The zero-order valence-corrected chi connectivity index (χ0v) is 14.8. The number of likely N-dealkylation sites (N-methyl/N-ethyl adjacent to an activating group) is 1. The Labute approximate surface area is 156 Å². The van der Waals surface area contributed by atoms with Gasteiger partial charge in [0.15, 0.2) is 0 Å². The van der Waals surface area contributed by atoms with Crippen LogP contribution in [0.4, 0.5) is 11.4 Å². The van der Waals surface area contributed by atoms with Crippen molar-refractivity contribution < 1.29 is 14.7 Å². The van der Waals surface area contributed by atoms with Crippen LogP contribution in [0.2, 0.25) is 0 Å².